The minimum atomic E-state index is -0.570. The van der Waals surface area contributed by atoms with Crippen molar-refractivity contribution in [3.05, 3.63) is 11.7 Å². The summed E-state index contributed by atoms with van der Waals surface area (Å²) >= 11 is 0. The highest BCUT2D eigenvalue weighted by molar-refractivity contribution is 5.06. The van der Waals surface area contributed by atoms with Gasteiger partial charge in [-0.2, -0.15) is 4.98 Å². The molecule has 5 nitrogen and oxygen atoms in total. The zero-order valence-corrected chi connectivity index (χ0v) is 12.8. The second-order valence-corrected chi connectivity index (χ2v) is 5.23. The number of nitrogens with two attached hydrogens (primary N) is 1. The minimum absolute atomic E-state index is 0.460. The van der Waals surface area contributed by atoms with Crippen LogP contribution in [-0.4, -0.2) is 16.7 Å². The van der Waals surface area contributed by atoms with Crippen LogP contribution < -0.4 is 5.73 Å². The average molecular weight is 269 g/mol. The van der Waals surface area contributed by atoms with Gasteiger partial charge in [0, 0.05) is 6.61 Å². The molecule has 1 aromatic rings. The molecule has 2 N–H and O–H groups in total. The molecule has 0 spiro atoms. The molecule has 5 heteroatoms. The Labute approximate surface area is 115 Å². The van der Waals surface area contributed by atoms with Crippen LogP contribution in [0.15, 0.2) is 4.52 Å². The quantitative estimate of drug-likeness (QED) is 0.785. The van der Waals surface area contributed by atoms with E-state index in [1.165, 1.54) is 0 Å². The van der Waals surface area contributed by atoms with Crippen molar-refractivity contribution >= 4 is 0 Å². The summed E-state index contributed by atoms with van der Waals surface area (Å²) in [5.41, 5.74) is 5.20. The van der Waals surface area contributed by atoms with E-state index in [1.807, 2.05) is 13.8 Å². The predicted octanol–water partition coefficient (Wildman–Crippen LogP) is 3.10. The Morgan fingerprint density at radius 1 is 1.21 bits per heavy atom. The summed E-state index contributed by atoms with van der Waals surface area (Å²) in [5, 5.41) is 4.11. The Morgan fingerprint density at radius 2 is 1.84 bits per heavy atom. The Morgan fingerprint density at radius 3 is 2.32 bits per heavy atom. The molecule has 0 bridgehead atoms. The van der Waals surface area contributed by atoms with E-state index in [1.54, 1.807) is 0 Å². The molecular formula is C14H27N3O2. The SMILES string of the molecule is CCCC(C)(N)c1nc(C(CC)(CC)OCC)no1. The van der Waals surface area contributed by atoms with Crippen LogP contribution in [0.4, 0.5) is 0 Å². The van der Waals surface area contributed by atoms with Crippen LogP contribution in [0.25, 0.3) is 0 Å². The van der Waals surface area contributed by atoms with Gasteiger partial charge in [0.15, 0.2) is 0 Å². The third-order valence-electron chi connectivity index (χ3n) is 3.65. The zero-order chi connectivity index (χ0) is 14.5. The van der Waals surface area contributed by atoms with Crippen LogP contribution in [0.2, 0.25) is 0 Å². The second kappa shape index (κ2) is 6.48. The predicted molar refractivity (Wildman–Crippen MR) is 74.6 cm³/mol. The van der Waals surface area contributed by atoms with Gasteiger partial charge in [0.2, 0.25) is 11.7 Å². The lowest BCUT2D eigenvalue weighted by molar-refractivity contribution is -0.0583. The molecule has 0 saturated carbocycles. The molecule has 1 unspecified atom stereocenters. The Balaban J connectivity index is 3.06. The summed E-state index contributed by atoms with van der Waals surface area (Å²) in [6.45, 7) is 10.8. The van der Waals surface area contributed by atoms with Crippen LogP contribution in [0, 0.1) is 0 Å². The Bertz CT molecular complexity index is 384. The summed E-state index contributed by atoms with van der Waals surface area (Å²) in [6, 6.07) is 0. The smallest absolute Gasteiger partial charge is 0.246 e. The van der Waals surface area contributed by atoms with Crippen molar-refractivity contribution in [2.24, 2.45) is 5.73 Å². The van der Waals surface area contributed by atoms with Crippen LogP contribution in [0.3, 0.4) is 0 Å². The molecule has 1 atom stereocenters. The van der Waals surface area contributed by atoms with Crippen LogP contribution in [0.1, 0.15) is 72.0 Å². The van der Waals surface area contributed by atoms with Crippen LogP contribution in [-0.2, 0) is 15.9 Å². The number of hydrogen-bond acceptors (Lipinski definition) is 5. The molecule has 0 aliphatic carbocycles. The Kier molecular flexibility index (Phi) is 5.50. The second-order valence-electron chi connectivity index (χ2n) is 5.23. The topological polar surface area (TPSA) is 74.2 Å². The average Bonchev–Trinajstić information content (AvgIpc) is 2.87. The molecular weight excluding hydrogens is 242 g/mol. The van der Waals surface area contributed by atoms with E-state index in [2.05, 4.69) is 30.9 Å². The monoisotopic (exact) mass is 269 g/mol. The highest BCUT2D eigenvalue weighted by Crippen LogP contribution is 2.32. The lowest BCUT2D eigenvalue weighted by Gasteiger charge is -2.27. The van der Waals surface area contributed by atoms with Gasteiger partial charge in [0.05, 0.1) is 5.54 Å². The van der Waals surface area contributed by atoms with E-state index in [9.17, 15) is 0 Å². The summed E-state index contributed by atoms with van der Waals surface area (Å²) in [7, 11) is 0. The number of ether oxygens (including phenoxy) is 1. The molecule has 0 aliphatic heterocycles. The molecule has 1 aromatic heterocycles. The first-order valence-corrected chi connectivity index (χ1v) is 7.23. The Hall–Kier alpha value is -0.940. The van der Waals surface area contributed by atoms with Crippen molar-refractivity contribution in [2.45, 2.75) is 71.4 Å². The fraction of sp³-hybridized carbons (Fsp3) is 0.857. The third-order valence-corrected chi connectivity index (χ3v) is 3.65. The van der Waals surface area contributed by atoms with E-state index in [0.29, 0.717) is 18.3 Å². The van der Waals surface area contributed by atoms with Crippen molar-refractivity contribution in [2.75, 3.05) is 6.61 Å². The van der Waals surface area contributed by atoms with Crippen molar-refractivity contribution in [1.29, 1.82) is 0 Å². The molecule has 1 rings (SSSR count). The molecule has 19 heavy (non-hydrogen) atoms. The van der Waals surface area contributed by atoms with Gasteiger partial charge in [-0.1, -0.05) is 32.3 Å². The van der Waals surface area contributed by atoms with Crippen molar-refractivity contribution in [1.82, 2.24) is 10.1 Å². The zero-order valence-electron chi connectivity index (χ0n) is 12.8. The summed E-state index contributed by atoms with van der Waals surface area (Å²) in [5.74, 6) is 1.11. The summed E-state index contributed by atoms with van der Waals surface area (Å²) in [6.07, 6.45) is 3.41. The van der Waals surface area contributed by atoms with Crippen molar-refractivity contribution < 1.29 is 9.26 Å². The highest BCUT2D eigenvalue weighted by atomic mass is 16.5. The number of hydrogen-bond donors (Lipinski definition) is 1. The fourth-order valence-corrected chi connectivity index (χ4v) is 2.38. The highest BCUT2D eigenvalue weighted by Gasteiger charge is 2.37. The van der Waals surface area contributed by atoms with Gasteiger partial charge in [0.1, 0.15) is 5.60 Å². The van der Waals surface area contributed by atoms with Crippen molar-refractivity contribution in [3.8, 4) is 0 Å². The lowest BCUT2D eigenvalue weighted by Crippen LogP contribution is -2.34. The third kappa shape index (κ3) is 3.34. The van der Waals surface area contributed by atoms with Gasteiger partial charge in [-0.3, -0.25) is 0 Å². The largest absolute Gasteiger partial charge is 0.367 e. The first kappa shape index (κ1) is 16.1. The fourth-order valence-electron chi connectivity index (χ4n) is 2.38. The van der Waals surface area contributed by atoms with E-state index in [-0.39, 0.29) is 0 Å². The van der Waals surface area contributed by atoms with Gasteiger partial charge in [-0.25, -0.2) is 0 Å². The normalized spacial score (nSPS) is 15.5. The van der Waals surface area contributed by atoms with E-state index < -0.39 is 11.1 Å². The minimum Gasteiger partial charge on any atom is -0.367 e. The van der Waals surface area contributed by atoms with E-state index in [4.69, 9.17) is 15.0 Å². The maximum absolute atomic E-state index is 6.22. The van der Waals surface area contributed by atoms with Crippen molar-refractivity contribution in [3.63, 3.8) is 0 Å². The number of aromatic nitrogens is 2. The van der Waals surface area contributed by atoms with E-state index in [0.717, 1.165) is 25.7 Å². The molecule has 0 radical (unpaired) electrons. The molecule has 0 saturated heterocycles. The molecule has 110 valence electrons. The van der Waals surface area contributed by atoms with Gasteiger partial charge < -0.3 is 15.0 Å². The van der Waals surface area contributed by atoms with Crippen LogP contribution >= 0.6 is 0 Å². The standard InChI is InChI=1S/C14H27N3O2/c1-6-10-13(5,15)12-16-11(17-19-12)14(7-2,8-3)18-9-4/h6-10,15H2,1-5H3. The van der Waals surface area contributed by atoms with Gasteiger partial charge in [0.25, 0.3) is 0 Å². The first-order valence-electron chi connectivity index (χ1n) is 7.23. The number of rotatable bonds is 8. The molecule has 0 aliphatic rings. The van der Waals surface area contributed by atoms with Crippen LogP contribution in [0.5, 0.6) is 0 Å². The maximum Gasteiger partial charge on any atom is 0.246 e. The number of nitrogens with zero attached hydrogens (tertiary/aromatic N) is 2. The molecule has 0 fully saturated rings. The van der Waals surface area contributed by atoms with Gasteiger partial charge in [-0.05, 0) is 33.1 Å². The maximum atomic E-state index is 6.22. The molecule has 0 amide bonds. The molecule has 0 aromatic carbocycles. The summed E-state index contributed by atoms with van der Waals surface area (Å²) < 4.78 is 11.2. The summed E-state index contributed by atoms with van der Waals surface area (Å²) in [4.78, 5) is 4.51. The lowest BCUT2D eigenvalue weighted by atomic mass is 9.95. The first-order chi connectivity index (χ1) is 8.95. The molecule has 1 heterocycles. The van der Waals surface area contributed by atoms with Gasteiger partial charge >= 0.3 is 0 Å². The van der Waals surface area contributed by atoms with Gasteiger partial charge in [-0.15, -0.1) is 0 Å². The van der Waals surface area contributed by atoms with E-state index >= 15 is 0 Å².